The number of anilines is 1. The van der Waals surface area contributed by atoms with Gasteiger partial charge in [-0.3, -0.25) is 4.79 Å². The molecule has 0 bridgehead atoms. The Morgan fingerprint density at radius 2 is 2.10 bits per heavy atom. The van der Waals surface area contributed by atoms with Crippen LogP contribution in [0.15, 0.2) is 12.4 Å². The van der Waals surface area contributed by atoms with Gasteiger partial charge in [0.05, 0.1) is 6.54 Å². The highest BCUT2D eigenvalue weighted by Gasteiger charge is 2.29. The van der Waals surface area contributed by atoms with E-state index in [2.05, 4.69) is 9.97 Å². The van der Waals surface area contributed by atoms with E-state index in [1.807, 2.05) is 37.7 Å². The monoisotopic (exact) mass is 278 g/mol. The van der Waals surface area contributed by atoms with Crippen LogP contribution in [0, 0.1) is 5.92 Å². The van der Waals surface area contributed by atoms with Crippen LogP contribution in [0.4, 0.5) is 5.82 Å². The average Bonchev–Trinajstić information content (AvgIpc) is 2.86. The predicted molar refractivity (Wildman–Crippen MR) is 76.8 cm³/mol. The summed E-state index contributed by atoms with van der Waals surface area (Å²) in [5.41, 5.74) is 0. The molecule has 0 aliphatic carbocycles. The number of carbonyl (C=O) groups is 1. The summed E-state index contributed by atoms with van der Waals surface area (Å²) in [5, 5.41) is 0. The van der Waals surface area contributed by atoms with E-state index in [0.29, 0.717) is 18.2 Å². The van der Waals surface area contributed by atoms with Gasteiger partial charge in [0.2, 0.25) is 5.91 Å². The molecule has 1 aromatic rings. The van der Waals surface area contributed by atoms with Crippen molar-refractivity contribution < 1.29 is 9.53 Å². The Morgan fingerprint density at radius 3 is 2.75 bits per heavy atom. The van der Waals surface area contributed by atoms with E-state index < -0.39 is 0 Å². The number of likely N-dealkylation sites (tertiary alicyclic amines) is 1. The fourth-order valence-corrected chi connectivity index (χ4v) is 2.26. The Morgan fingerprint density at radius 1 is 1.40 bits per heavy atom. The highest BCUT2D eigenvalue weighted by Crippen LogP contribution is 2.24. The first-order valence-corrected chi connectivity index (χ1v) is 6.92. The zero-order valence-electron chi connectivity index (χ0n) is 12.5. The highest BCUT2D eigenvalue weighted by molar-refractivity contribution is 5.78. The molecule has 1 fully saturated rings. The lowest BCUT2D eigenvalue weighted by atomic mass is 10.2. The number of hydrogen-bond acceptors (Lipinski definition) is 5. The number of nitrogens with zero attached hydrogens (tertiary/aromatic N) is 4. The quantitative estimate of drug-likeness (QED) is 0.827. The molecule has 0 radical (unpaired) electrons. The van der Waals surface area contributed by atoms with Gasteiger partial charge in [0, 0.05) is 45.4 Å². The number of amides is 1. The summed E-state index contributed by atoms with van der Waals surface area (Å²) < 4.78 is 5.92. The van der Waals surface area contributed by atoms with Crippen molar-refractivity contribution in [2.75, 3.05) is 32.1 Å². The molecule has 0 spiro atoms. The first-order valence-electron chi connectivity index (χ1n) is 6.92. The van der Waals surface area contributed by atoms with Gasteiger partial charge in [-0.2, -0.15) is 0 Å². The Hall–Kier alpha value is -1.85. The van der Waals surface area contributed by atoms with Crippen LogP contribution < -0.4 is 9.64 Å². The zero-order valence-corrected chi connectivity index (χ0v) is 12.5. The van der Waals surface area contributed by atoms with Crippen molar-refractivity contribution in [3.8, 4) is 5.88 Å². The molecule has 1 atom stereocenters. The molecule has 0 aromatic carbocycles. The molecular weight excluding hydrogens is 256 g/mol. The Balaban J connectivity index is 2.01. The van der Waals surface area contributed by atoms with E-state index in [4.69, 9.17) is 4.74 Å². The minimum Gasteiger partial charge on any atom is -0.470 e. The molecule has 6 nitrogen and oxygen atoms in total. The third-order valence-corrected chi connectivity index (χ3v) is 3.30. The average molecular weight is 278 g/mol. The molecule has 0 N–H and O–H groups in total. The van der Waals surface area contributed by atoms with Gasteiger partial charge in [-0.25, -0.2) is 9.97 Å². The summed E-state index contributed by atoms with van der Waals surface area (Å²) in [6.07, 6.45) is 4.09. The summed E-state index contributed by atoms with van der Waals surface area (Å²) >= 11 is 0. The smallest absolute Gasteiger partial charge is 0.257 e. The maximum atomic E-state index is 12.0. The van der Waals surface area contributed by atoms with Gasteiger partial charge in [0.25, 0.3) is 5.88 Å². The van der Waals surface area contributed by atoms with Crippen LogP contribution in [0.3, 0.4) is 0 Å². The van der Waals surface area contributed by atoms with Crippen molar-refractivity contribution in [1.29, 1.82) is 0 Å². The maximum Gasteiger partial charge on any atom is 0.257 e. The summed E-state index contributed by atoms with van der Waals surface area (Å²) in [6, 6.07) is 0. The molecule has 1 aliphatic rings. The van der Waals surface area contributed by atoms with E-state index in [1.165, 1.54) is 0 Å². The Kier molecular flexibility index (Phi) is 4.42. The lowest BCUT2D eigenvalue weighted by Crippen LogP contribution is -2.34. The van der Waals surface area contributed by atoms with Gasteiger partial charge in [0.1, 0.15) is 6.10 Å². The van der Waals surface area contributed by atoms with E-state index in [-0.39, 0.29) is 17.9 Å². The van der Waals surface area contributed by atoms with Gasteiger partial charge < -0.3 is 14.5 Å². The van der Waals surface area contributed by atoms with Gasteiger partial charge >= 0.3 is 0 Å². The molecule has 20 heavy (non-hydrogen) atoms. The van der Waals surface area contributed by atoms with E-state index in [0.717, 1.165) is 13.0 Å². The van der Waals surface area contributed by atoms with Gasteiger partial charge in [0.15, 0.2) is 5.82 Å². The first-order chi connectivity index (χ1) is 9.49. The molecule has 0 saturated carbocycles. The Labute approximate surface area is 119 Å². The standard InChI is InChI=1S/C14H22N4O2/c1-10(2)14(19)18-8-5-11(9-18)20-13-12(17(3)4)15-6-7-16-13/h6-7,10-11H,5,8-9H2,1-4H3. The van der Waals surface area contributed by atoms with E-state index >= 15 is 0 Å². The molecule has 1 aliphatic heterocycles. The molecule has 1 unspecified atom stereocenters. The van der Waals surface area contributed by atoms with Crippen LogP contribution in [0.2, 0.25) is 0 Å². The van der Waals surface area contributed by atoms with Gasteiger partial charge in [-0.1, -0.05) is 13.8 Å². The van der Waals surface area contributed by atoms with Crippen molar-refractivity contribution in [3.05, 3.63) is 12.4 Å². The number of ether oxygens (including phenoxy) is 1. The molecule has 2 heterocycles. The third-order valence-electron chi connectivity index (χ3n) is 3.30. The minimum atomic E-state index is -0.00639. The lowest BCUT2D eigenvalue weighted by Gasteiger charge is -2.20. The summed E-state index contributed by atoms with van der Waals surface area (Å²) in [7, 11) is 3.81. The van der Waals surface area contributed by atoms with Crippen LogP contribution in [0.25, 0.3) is 0 Å². The largest absolute Gasteiger partial charge is 0.470 e. The van der Waals surface area contributed by atoms with Crippen LogP contribution >= 0.6 is 0 Å². The molecule has 6 heteroatoms. The van der Waals surface area contributed by atoms with Crippen LogP contribution in [0.1, 0.15) is 20.3 Å². The second-order valence-electron chi connectivity index (χ2n) is 5.55. The number of rotatable bonds is 4. The fraction of sp³-hybridized carbons (Fsp3) is 0.643. The second-order valence-corrected chi connectivity index (χ2v) is 5.55. The second kappa shape index (κ2) is 6.07. The molecule has 110 valence electrons. The van der Waals surface area contributed by atoms with Crippen LogP contribution in [0.5, 0.6) is 5.88 Å². The number of carbonyl (C=O) groups excluding carboxylic acids is 1. The summed E-state index contributed by atoms with van der Waals surface area (Å²) in [5.74, 6) is 1.45. The summed E-state index contributed by atoms with van der Waals surface area (Å²) in [4.78, 5) is 24.2. The fourth-order valence-electron chi connectivity index (χ4n) is 2.26. The molecule has 1 aromatic heterocycles. The summed E-state index contributed by atoms with van der Waals surface area (Å²) in [6.45, 7) is 5.21. The zero-order chi connectivity index (χ0) is 14.7. The van der Waals surface area contributed by atoms with E-state index in [1.54, 1.807) is 12.4 Å². The first kappa shape index (κ1) is 14.6. The van der Waals surface area contributed by atoms with Gasteiger partial charge in [-0.05, 0) is 0 Å². The molecule has 1 amide bonds. The van der Waals surface area contributed by atoms with Crippen LogP contribution in [-0.4, -0.2) is 54.1 Å². The molecular formula is C14H22N4O2. The topological polar surface area (TPSA) is 58.6 Å². The highest BCUT2D eigenvalue weighted by atomic mass is 16.5. The Bertz CT molecular complexity index is 476. The SMILES string of the molecule is CC(C)C(=O)N1CCC(Oc2nccnc2N(C)C)C1. The van der Waals surface area contributed by atoms with Crippen LogP contribution in [-0.2, 0) is 4.79 Å². The van der Waals surface area contributed by atoms with Gasteiger partial charge in [-0.15, -0.1) is 0 Å². The van der Waals surface area contributed by atoms with Crippen molar-refractivity contribution in [1.82, 2.24) is 14.9 Å². The van der Waals surface area contributed by atoms with Crippen molar-refractivity contribution >= 4 is 11.7 Å². The molecule has 2 rings (SSSR count). The number of hydrogen-bond donors (Lipinski definition) is 0. The maximum absolute atomic E-state index is 12.0. The normalized spacial score (nSPS) is 18.4. The number of aromatic nitrogens is 2. The van der Waals surface area contributed by atoms with E-state index in [9.17, 15) is 4.79 Å². The van der Waals surface area contributed by atoms with Crippen molar-refractivity contribution in [3.63, 3.8) is 0 Å². The minimum absolute atomic E-state index is 0.00639. The molecule has 1 saturated heterocycles. The third kappa shape index (κ3) is 3.18. The predicted octanol–water partition coefficient (Wildman–Crippen LogP) is 1.18. The van der Waals surface area contributed by atoms with Crippen molar-refractivity contribution in [2.24, 2.45) is 5.92 Å². The van der Waals surface area contributed by atoms with Crippen molar-refractivity contribution in [2.45, 2.75) is 26.4 Å². The lowest BCUT2D eigenvalue weighted by molar-refractivity contribution is -0.133.